The Hall–Kier alpha value is -2.49. The number of aromatic nitrogens is 2. The number of nitro benzene ring substituents is 1. The Morgan fingerprint density at radius 3 is 2.62 bits per heavy atom. The number of benzene rings is 1. The first-order valence-corrected chi connectivity index (χ1v) is 7.18. The van der Waals surface area contributed by atoms with Crippen LogP contribution in [0.5, 0.6) is 0 Å². The van der Waals surface area contributed by atoms with E-state index in [2.05, 4.69) is 14.7 Å². The summed E-state index contributed by atoms with van der Waals surface area (Å²) in [5, 5.41) is 10.9. The van der Waals surface area contributed by atoms with Gasteiger partial charge in [0.2, 0.25) is 11.8 Å². The number of nitrogens with one attached hydrogen (secondary N) is 2. The second kappa shape index (κ2) is 5.13. The second-order valence-electron chi connectivity index (χ2n) is 4.28. The molecule has 21 heavy (non-hydrogen) atoms. The molecule has 0 aliphatic rings. The molecule has 0 radical (unpaired) electrons. The van der Waals surface area contributed by atoms with E-state index in [4.69, 9.17) is 0 Å². The van der Waals surface area contributed by atoms with Gasteiger partial charge < -0.3 is 4.98 Å². The molecule has 0 aliphatic carbocycles. The summed E-state index contributed by atoms with van der Waals surface area (Å²) in [6.07, 6.45) is 2.75. The fourth-order valence-electron chi connectivity index (χ4n) is 2.04. The molecular formula is C11H11FN4O4S. The van der Waals surface area contributed by atoms with Crippen LogP contribution in [0, 0.1) is 29.8 Å². The highest BCUT2D eigenvalue weighted by Crippen LogP contribution is 2.31. The molecule has 8 nitrogen and oxygen atoms in total. The van der Waals surface area contributed by atoms with Gasteiger partial charge in [0.1, 0.15) is 4.90 Å². The summed E-state index contributed by atoms with van der Waals surface area (Å²) >= 11 is 0. The van der Waals surface area contributed by atoms with Crippen molar-refractivity contribution in [2.45, 2.75) is 18.7 Å². The molecule has 0 aliphatic heterocycles. The zero-order chi connectivity index (χ0) is 15.8. The van der Waals surface area contributed by atoms with Gasteiger partial charge in [0.05, 0.1) is 10.5 Å². The highest BCUT2D eigenvalue weighted by Gasteiger charge is 2.29. The van der Waals surface area contributed by atoms with Crippen molar-refractivity contribution in [3.8, 4) is 0 Å². The lowest BCUT2D eigenvalue weighted by atomic mass is 10.1. The molecule has 0 atom stereocenters. The number of sulfonamides is 1. The number of nitrogens with zero attached hydrogens (tertiary/aromatic N) is 2. The van der Waals surface area contributed by atoms with Crippen LogP contribution in [0.15, 0.2) is 23.4 Å². The Bertz CT molecular complexity index is 802. The van der Waals surface area contributed by atoms with Crippen LogP contribution < -0.4 is 4.72 Å². The average Bonchev–Trinajstić information content (AvgIpc) is 2.78. The number of halogens is 1. The van der Waals surface area contributed by atoms with Gasteiger partial charge in [0.15, 0.2) is 0 Å². The van der Waals surface area contributed by atoms with Gasteiger partial charge in [-0.1, -0.05) is 0 Å². The van der Waals surface area contributed by atoms with E-state index in [1.807, 2.05) is 0 Å². The molecule has 2 N–H and O–H groups in total. The maximum Gasteiger partial charge on any atom is 0.309 e. The van der Waals surface area contributed by atoms with Crippen molar-refractivity contribution in [2.24, 2.45) is 0 Å². The average molecular weight is 314 g/mol. The summed E-state index contributed by atoms with van der Waals surface area (Å²) in [5.41, 5.74) is -1.06. The van der Waals surface area contributed by atoms with Crippen molar-refractivity contribution >= 4 is 21.7 Å². The van der Waals surface area contributed by atoms with E-state index in [1.165, 1.54) is 26.2 Å². The first-order valence-electron chi connectivity index (χ1n) is 5.70. The zero-order valence-corrected chi connectivity index (χ0v) is 11.9. The van der Waals surface area contributed by atoms with Gasteiger partial charge >= 0.3 is 5.69 Å². The monoisotopic (exact) mass is 314 g/mol. The third kappa shape index (κ3) is 2.70. The van der Waals surface area contributed by atoms with Crippen molar-refractivity contribution in [1.29, 1.82) is 0 Å². The minimum absolute atomic E-state index is 0.0409. The smallest absolute Gasteiger partial charge is 0.309 e. The molecule has 112 valence electrons. The number of hydrogen-bond acceptors (Lipinski definition) is 5. The van der Waals surface area contributed by atoms with Crippen molar-refractivity contribution in [3.05, 3.63) is 45.5 Å². The normalized spacial score (nSPS) is 11.4. The Morgan fingerprint density at radius 1 is 1.43 bits per heavy atom. The maximum atomic E-state index is 13.6. The number of imidazole rings is 1. The molecule has 0 saturated carbocycles. The molecule has 2 aromatic rings. The summed E-state index contributed by atoms with van der Waals surface area (Å²) in [5.74, 6) is -1.12. The number of hydrogen-bond donors (Lipinski definition) is 2. The first kappa shape index (κ1) is 14.9. The summed E-state index contributed by atoms with van der Waals surface area (Å²) < 4.78 is 40.4. The molecule has 1 heterocycles. The topological polar surface area (TPSA) is 118 Å². The van der Waals surface area contributed by atoms with Gasteiger partial charge in [-0.05, 0) is 25.5 Å². The zero-order valence-electron chi connectivity index (χ0n) is 11.0. The third-order valence-electron chi connectivity index (χ3n) is 2.80. The number of anilines is 1. The predicted molar refractivity (Wildman–Crippen MR) is 71.9 cm³/mol. The van der Waals surface area contributed by atoms with E-state index in [-0.39, 0.29) is 22.0 Å². The number of H-pyrrole nitrogens is 1. The molecule has 1 aromatic carbocycles. The standard InChI is InChI=1S/C11H11FN4O4S/c1-6-5-8(12)9(16(17)18)7(2)10(6)21(19,20)15-11-13-3-4-14-11/h3-5H,1-2H3,(H2,13,14,15). The van der Waals surface area contributed by atoms with E-state index < -0.39 is 26.5 Å². The van der Waals surface area contributed by atoms with Gasteiger partial charge in [0.25, 0.3) is 10.0 Å². The van der Waals surface area contributed by atoms with E-state index in [1.54, 1.807) is 0 Å². The Morgan fingerprint density at radius 2 is 2.10 bits per heavy atom. The van der Waals surface area contributed by atoms with Crippen LogP contribution in [0.2, 0.25) is 0 Å². The highest BCUT2D eigenvalue weighted by molar-refractivity contribution is 7.92. The van der Waals surface area contributed by atoms with Gasteiger partial charge in [0, 0.05) is 12.4 Å². The fraction of sp³-hybridized carbons (Fsp3) is 0.182. The van der Waals surface area contributed by atoms with Crippen LogP contribution in [0.3, 0.4) is 0 Å². The van der Waals surface area contributed by atoms with Crippen LogP contribution in [-0.2, 0) is 10.0 Å². The van der Waals surface area contributed by atoms with Crippen molar-refractivity contribution in [2.75, 3.05) is 4.72 Å². The molecule has 0 saturated heterocycles. The van der Waals surface area contributed by atoms with Crippen LogP contribution in [-0.4, -0.2) is 23.3 Å². The molecule has 0 fully saturated rings. The maximum absolute atomic E-state index is 13.6. The third-order valence-corrected chi connectivity index (χ3v) is 4.43. The van der Waals surface area contributed by atoms with E-state index >= 15 is 0 Å². The Labute approximate surface area is 119 Å². The summed E-state index contributed by atoms with van der Waals surface area (Å²) in [6, 6.07) is 0.821. The lowest BCUT2D eigenvalue weighted by Gasteiger charge is -2.12. The van der Waals surface area contributed by atoms with E-state index in [0.717, 1.165) is 6.07 Å². The molecule has 2 rings (SSSR count). The van der Waals surface area contributed by atoms with Crippen LogP contribution in [0.25, 0.3) is 0 Å². The van der Waals surface area contributed by atoms with Crippen molar-refractivity contribution < 1.29 is 17.7 Å². The largest absolute Gasteiger partial charge is 0.330 e. The fourth-order valence-corrected chi connectivity index (χ4v) is 3.49. The summed E-state index contributed by atoms with van der Waals surface area (Å²) in [7, 11) is -4.13. The number of aromatic amines is 1. The molecular weight excluding hydrogens is 303 g/mol. The van der Waals surface area contributed by atoms with Gasteiger partial charge in [-0.3, -0.25) is 10.1 Å². The summed E-state index contributed by atoms with van der Waals surface area (Å²) in [6.45, 7) is 2.54. The highest BCUT2D eigenvalue weighted by atomic mass is 32.2. The van der Waals surface area contributed by atoms with Gasteiger partial charge in [-0.2, -0.15) is 4.39 Å². The van der Waals surface area contributed by atoms with Crippen molar-refractivity contribution in [3.63, 3.8) is 0 Å². The second-order valence-corrected chi connectivity index (χ2v) is 5.90. The van der Waals surface area contributed by atoms with Crippen molar-refractivity contribution in [1.82, 2.24) is 9.97 Å². The number of aryl methyl sites for hydroxylation is 1. The predicted octanol–water partition coefficient (Wildman–Crippen LogP) is 1.87. The molecule has 1 aromatic heterocycles. The first-order chi connectivity index (χ1) is 9.74. The van der Waals surface area contributed by atoms with Gasteiger partial charge in [-0.15, -0.1) is 0 Å². The Kier molecular flexibility index (Phi) is 3.64. The van der Waals surface area contributed by atoms with E-state index in [0.29, 0.717) is 0 Å². The SMILES string of the molecule is Cc1cc(F)c([N+](=O)[O-])c(C)c1S(=O)(=O)Nc1ncc[nH]1. The molecule has 0 unspecified atom stereocenters. The van der Waals surface area contributed by atoms with E-state index in [9.17, 15) is 22.9 Å². The quantitative estimate of drug-likeness (QED) is 0.659. The molecule has 0 bridgehead atoms. The minimum Gasteiger partial charge on any atom is -0.330 e. The van der Waals surface area contributed by atoms with Crippen LogP contribution in [0.1, 0.15) is 11.1 Å². The molecule has 0 amide bonds. The number of nitro groups is 1. The lowest BCUT2D eigenvalue weighted by molar-refractivity contribution is -0.388. The minimum atomic E-state index is -4.13. The summed E-state index contributed by atoms with van der Waals surface area (Å²) in [4.78, 5) is 15.8. The Balaban J connectivity index is 2.63. The molecule has 0 spiro atoms. The van der Waals surface area contributed by atoms with Crippen LogP contribution in [0.4, 0.5) is 16.0 Å². The van der Waals surface area contributed by atoms with Crippen LogP contribution >= 0.6 is 0 Å². The lowest BCUT2D eigenvalue weighted by Crippen LogP contribution is -2.17. The number of rotatable bonds is 4. The molecule has 10 heteroatoms. The van der Waals surface area contributed by atoms with Gasteiger partial charge in [-0.25, -0.2) is 18.1 Å².